The Bertz CT molecular complexity index is 1270. The predicted molar refractivity (Wildman–Crippen MR) is 164 cm³/mol. The number of hydrogen-bond acceptors (Lipinski definition) is 3. The Morgan fingerprint density at radius 3 is 2.30 bits per heavy atom. The summed E-state index contributed by atoms with van der Waals surface area (Å²) >= 11 is 3.56. The van der Waals surface area contributed by atoms with E-state index in [-0.39, 0.29) is 29.9 Å². The van der Waals surface area contributed by atoms with Crippen molar-refractivity contribution >= 4 is 27.7 Å². The van der Waals surface area contributed by atoms with Gasteiger partial charge in [-0.3, -0.25) is 9.59 Å². The highest BCUT2D eigenvalue weighted by Crippen LogP contribution is 2.31. The smallest absolute Gasteiger partial charge is 0.261 e. The van der Waals surface area contributed by atoms with Crippen LogP contribution in [0.5, 0.6) is 5.75 Å². The zero-order valence-corrected chi connectivity index (χ0v) is 25.5. The van der Waals surface area contributed by atoms with E-state index < -0.39 is 6.04 Å². The number of nitrogens with zero attached hydrogens (tertiary/aromatic N) is 1. The number of ether oxygens (including phenoxy) is 1. The van der Waals surface area contributed by atoms with Crippen molar-refractivity contribution in [2.24, 2.45) is 0 Å². The minimum absolute atomic E-state index is 0.103. The molecule has 4 rings (SSSR count). The summed E-state index contributed by atoms with van der Waals surface area (Å²) in [4.78, 5) is 29.6. The zero-order valence-electron chi connectivity index (χ0n) is 23.9. The van der Waals surface area contributed by atoms with Crippen molar-refractivity contribution in [1.29, 1.82) is 0 Å². The molecule has 5 nitrogen and oxygen atoms in total. The number of para-hydroxylation sites is 1. The van der Waals surface area contributed by atoms with Gasteiger partial charge in [-0.25, -0.2) is 0 Å². The van der Waals surface area contributed by atoms with Gasteiger partial charge >= 0.3 is 0 Å². The number of carbonyl (C=O) groups is 2. The molecule has 0 aliphatic heterocycles. The predicted octanol–water partition coefficient (Wildman–Crippen LogP) is 7.21. The SMILES string of the molecule is CC(C)(C)c1ccccc1OCC(=O)N(Cc1cccc(Br)c1)[C@H](Cc1ccccc1)C(=O)NC1CCCCC1. The van der Waals surface area contributed by atoms with Crippen molar-refractivity contribution in [3.8, 4) is 5.75 Å². The highest BCUT2D eigenvalue weighted by Gasteiger charge is 2.32. The summed E-state index contributed by atoms with van der Waals surface area (Å²) in [6, 6.07) is 25.2. The van der Waals surface area contributed by atoms with E-state index in [4.69, 9.17) is 4.74 Å². The molecule has 0 saturated heterocycles. The molecule has 0 radical (unpaired) electrons. The summed E-state index contributed by atoms with van der Waals surface area (Å²) in [6.45, 7) is 6.54. The molecule has 3 aromatic rings. The van der Waals surface area contributed by atoms with E-state index in [1.165, 1.54) is 6.42 Å². The first kappa shape index (κ1) is 29.9. The molecular weight excluding hydrogens is 564 g/mol. The Labute approximate surface area is 247 Å². The highest BCUT2D eigenvalue weighted by molar-refractivity contribution is 9.10. The Morgan fingerprint density at radius 1 is 0.925 bits per heavy atom. The third-order valence-corrected chi connectivity index (χ3v) is 8.00. The van der Waals surface area contributed by atoms with Gasteiger partial charge < -0.3 is 15.0 Å². The monoisotopic (exact) mass is 604 g/mol. The molecule has 0 unspecified atom stereocenters. The largest absolute Gasteiger partial charge is 0.483 e. The second-order valence-corrected chi connectivity index (χ2v) is 12.7. The first-order valence-electron chi connectivity index (χ1n) is 14.3. The second-order valence-electron chi connectivity index (χ2n) is 11.7. The van der Waals surface area contributed by atoms with Crippen molar-refractivity contribution in [1.82, 2.24) is 10.2 Å². The Balaban J connectivity index is 1.64. The summed E-state index contributed by atoms with van der Waals surface area (Å²) in [5.41, 5.74) is 2.86. The molecule has 1 N–H and O–H groups in total. The normalized spacial score (nSPS) is 14.8. The average molecular weight is 606 g/mol. The van der Waals surface area contributed by atoms with Crippen molar-refractivity contribution in [3.05, 3.63) is 100 Å². The summed E-state index contributed by atoms with van der Waals surface area (Å²) in [5, 5.41) is 3.29. The number of carbonyl (C=O) groups excluding carboxylic acids is 2. The van der Waals surface area contributed by atoms with Crippen molar-refractivity contribution in [2.45, 2.75) is 83.3 Å². The Morgan fingerprint density at radius 2 is 1.60 bits per heavy atom. The van der Waals surface area contributed by atoms with E-state index in [0.717, 1.165) is 46.8 Å². The fraction of sp³-hybridized carbons (Fsp3) is 0.412. The van der Waals surface area contributed by atoms with Gasteiger partial charge in [0.05, 0.1) is 0 Å². The molecule has 2 amide bonds. The quantitative estimate of drug-likeness (QED) is 0.266. The van der Waals surface area contributed by atoms with E-state index in [1.807, 2.05) is 78.9 Å². The summed E-state index contributed by atoms with van der Waals surface area (Å²) < 4.78 is 7.10. The van der Waals surface area contributed by atoms with E-state index in [0.29, 0.717) is 18.7 Å². The molecule has 3 aromatic carbocycles. The second kappa shape index (κ2) is 14.0. The molecule has 1 aliphatic carbocycles. The summed E-state index contributed by atoms with van der Waals surface area (Å²) in [7, 11) is 0. The molecule has 0 heterocycles. The molecule has 1 fully saturated rings. The molecule has 40 heavy (non-hydrogen) atoms. The molecule has 0 spiro atoms. The van der Waals surface area contributed by atoms with Crippen LogP contribution < -0.4 is 10.1 Å². The number of nitrogens with one attached hydrogen (secondary N) is 1. The standard InChI is InChI=1S/C34H41BrN2O3/c1-34(2,3)29-19-10-11-20-31(29)40-24-32(38)37(23-26-15-12-16-27(35)21-26)30(22-25-13-6-4-7-14-25)33(39)36-28-17-8-5-9-18-28/h4,6-7,10-16,19-21,28,30H,5,8-9,17-18,22-24H2,1-3H3,(H,36,39)/t30-/m1/s1. The molecule has 6 heteroatoms. The summed E-state index contributed by atoms with van der Waals surface area (Å²) in [6.07, 6.45) is 5.84. The van der Waals surface area contributed by atoms with Crippen LogP contribution in [0.4, 0.5) is 0 Å². The molecular formula is C34H41BrN2O3. The first-order chi connectivity index (χ1) is 19.2. The fourth-order valence-electron chi connectivity index (χ4n) is 5.36. The van der Waals surface area contributed by atoms with Gasteiger partial charge in [0.1, 0.15) is 11.8 Å². The van der Waals surface area contributed by atoms with Gasteiger partial charge in [0.15, 0.2) is 6.61 Å². The van der Waals surface area contributed by atoms with Crippen LogP contribution in [0.1, 0.15) is 69.6 Å². The first-order valence-corrected chi connectivity index (χ1v) is 15.1. The van der Waals surface area contributed by atoms with Gasteiger partial charge in [-0.15, -0.1) is 0 Å². The van der Waals surface area contributed by atoms with Crippen LogP contribution in [0.3, 0.4) is 0 Å². The molecule has 1 atom stereocenters. The van der Waals surface area contributed by atoms with Crippen molar-refractivity contribution < 1.29 is 14.3 Å². The van der Waals surface area contributed by atoms with Crippen LogP contribution in [0, 0.1) is 0 Å². The third kappa shape index (κ3) is 8.44. The van der Waals surface area contributed by atoms with E-state index in [2.05, 4.69) is 42.0 Å². The van der Waals surface area contributed by atoms with Gasteiger partial charge in [0.2, 0.25) is 5.91 Å². The lowest BCUT2D eigenvalue weighted by Crippen LogP contribution is -2.53. The van der Waals surface area contributed by atoms with Gasteiger partial charge in [0, 0.05) is 23.5 Å². The van der Waals surface area contributed by atoms with Gasteiger partial charge in [-0.1, -0.05) is 117 Å². The van der Waals surface area contributed by atoms with Crippen LogP contribution >= 0.6 is 15.9 Å². The summed E-state index contributed by atoms with van der Waals surface area (Å²) in [5.74, 6) is 0.370. The highest BCUT2D eigenvalue weighted by atomic mass is 79.9. The van der Waals surface area contributed by atoms with Crippen molar-refractivity contribution in [2.75, 3.05) is 6.61 Å². The maximum Gasteiger partial charge on any atom is 0.261 e. The van der Waals surface area contributed by atoms with E-state index >= 15 is 0 Å². The Kier molecular flexibility index (Phi) is 10.4. The van der Waals surface area contributed by atoms with Gasteiger partial charge in [-0.05, 0) is 53.1 Å². The average Bonchev–Trinajstić information content (AvgIpc) is 2.94. The number of hydrogen-bond donors (Lipinski definition) is 1. The lowest BCUT2D eigenvalue weighted by atomic mass is 9.86. The zero-order chi connectivity index (χ0) is 28.5. The maximum atomic E-state index is 14.0. The maximum absolute atomic E-state index is 14.0. The lowest BCUT2D eigenvalue weighted by Gasteiger charge is -2.33. The fourth-order valence-corrected chi connectivity index (χ4v) is 5.81. The van der Waals surface area contributed by atoms with Gasteiger partial charge in [-0.2, -0.15) is 0 Å². The minimum Gasteiger partial charge on any atom is -0.483 e. The molecule has 0 aromatic heterocycles. The van der Waals surface area contributed by atoms with Crippen LogP contribution in [0.2, 0.25) is 0 Å². The number of benzene rings is 3. The van der Waals surface area contributed by atoms with Crippen LogP contribution in [0.25, 0.3) is 0 Å². The van der Waals surface area contributed by atoms with E-state index in [1.54, 1.807) is 4.90 Å². The Hall–Kier alpha value is -3.12. The molecule has 212 valence electrons. The number of amides is 2. The number of rotatable bonds is 10. The molecule has 0 bridgehead atoms. The van der Waals surface area contributed by atoms with Crippen LogP contribution in [-0.2, 0) is 28.0 Å². The molecule has 1 saturated carbocycles. The van der Waals surface area contributed by atoms with Crippen molar-refractivity contribution in [3.63, 3.8) is 0 Å². The topological polar surface area (TPSA) is 58.6 Å². The number of halogens is 1. The van der Waals surface area contributed by atoms with E-state index in [9.17, 15) is 9.59 Å². The minimum atomic E-state index is -0.669. The van der Waals surface area contributed by atoms with Crippen LogP contribution in [-0.4, -0.2) is 35.4 Å². The lowest BCUT2D eigenvalue weighted by molar-refractivity contribution is -0.143. The van der Waals surface area contributed by atoms with Crippen LogP contribution in [0.15, 0.2) is 83.3 Å². The third-order valence-electron chi connectivity index (χ3n) is 7.51. The molecule has 1 aliphatic rings. The van der Waals surface area contributed by atoms with Gasteiger partial charge in [0.25, 0.3) is 5.91 Å².